The molecular weight excluding hydrogens is 488 g/mol. The third-order valence-corrected chi connectivity index (χ3v) is 6.17. The summed E-state index contributed by atoms with van der Waals surface area (Å²) in [6.45, 7) is -0.218. The summed E-state index contributed by atoms with van der Waals surface area (Å²) in [6, 6.07) is 20.8. The lowest BCUT2D eigenvalue weighted by Gasteiger charge is -2.16. The molecule has 168 valence electrons. The molecular formula is C25H21BrN2O5. The van der Waals surface area contributed by atoms with E-state index in [9.17, 15) is 14.4 Å². The van der Waals surface area contributed by atoms with E-state index < -0.39 is 24.5 Å². The molecule has 0 radical (unpaired) electrons. The van der Waals surface area contributed by atoms with Crippen LogP contribution in [0.25, 0.3) is 11.1 Å². The lowest BCUT2D eigenvalue weighted by atomic mass is 9.98. The molecule has 3 aromatic rings. The number of carbonyl (C=O) groups is 3. The number of halogens is 1. The van der Waals surface area contributed by atoms with Gasteiger partial charge in [0.05, 0.1) is 5.69 Å². The van der Waals surface area contributed by atoms with E-state index >= 15 is 0 Å². The molecule has 0 aliphatic heterocycles. The molecule has 33 heavy (non-hydrogen) atoms. The van der Waals surface area contributed by atoms with Gasteiger partial charge in [0.15, 0.2) is 0 Å². The van der Waals surface area contributed by atoms with Crippen LogP contribution in [-0.4, -0.2) is 48.2 Å². The van der Waals surface area contributed by atoms with E-state index in [0.29, 0.717) is 15.7 Å². The Labute approximate surface area is 199 Å². The van der Waals surface area contributed by atoms with Gasteiger partial charge in [-0.25, -0.2) is 4.79 Å². The van der Waals surface area contributed by atoms with Crippen LogP contribution in [0.2, 0.25) is 0 Å². The fraction of sp³-hybridized carbons (Fsp3) is 0.160. The fourth-order valence-electron chi connectivity index (χ4n) is 3.99. The first-order valence-corrected chi connectivity index (χ1v) is 11.0. The van der Waals surface area contributed by atoms with Gasteiger partial charge < -0.3 is 14.7 Å². The Morgan fingerprint density at radius 2 is 1.61 bits per heavy atom. The number of rotatable bonds is 6. The number of anilines is 1. The van der Waals surface area contributed by atoms with Gasteiger partial charge in [0.1, 0.15) is 13.2 Å². The van der Waals surface area contributed by atoms with Gasteiger partial charge in [0, 0.05) is 23.0 Å². The number of hydrogen-bond acceptors (Lipinski definition) is 4. The van der Waals surface area contributed by atoms with Crippen LogP contribution in [0.15, 0.2) is 71.2 Å². The summed E-state index contributed by atoms with van der Waals surface area (Å²) >= 11 is 3.35. The van der Waals surface area contributed by atoms with E-state index in [4.69, 9.17) is 9.84 Å². The first-order chi connectivity index (χ1) is 15.8. The van der Waals surface area contributed by atoms with Gasteiger partial charge in [-0.3, -0.25) is 14.9 Å². The molecule has 0 saturated carbocycles. The van der Waals surface area contributed by atoms with E-state index in [2.05, 4.69) is 45.5 Å². The average Bonchev–Trinajstić information content (AvgIpc) is 3.12. The number of carbonyl (C=O) groups excluding carboxylic acids is 2. The van der Waals surface area contributed by atoms with E-state index in [-0.39, 0.29) is 12.5 Å². The second-order valence-electron chi connectivity index (χ2n) is 7.70. The Bertz CT molecular complexity index is 1200. The Morgan fingerprint density at radius 3 is 2.18 bits per heavy atom. The average molecular weight is 509 g/mol. The van der Waals surface area contributed by atoms with E-state index in [1.807, 2.05) is 24.3 Å². The number of fused-ring (bicyclic) bond motifs is 3. The quantitative estimate of drug-likeness (QED) is 0.490. The standard InChI is InChI=1S/C25H21BrN2O5/c1-28(13-23(29)30)24(31)15-10-11-22(21(26)12-15)27-25(32)33-14-20-18-8-4-2-6-16(18)17-7-3-5-9-19(17)20/h2-12,20H,13-14H2,1H3,(H,27,32)(H,29,30). The number of carboxylic acid groups (broad SMARTS) is 1. The highest BCUT2D eigenvalue weighted by atomic mass is 79.9. The highest BCUT2D eigenvalue weighted by Crippen LogP contribution is 2.44. The van der Waals surface area contributed by atoms with Crippen LogP contribution in [0.4, 0.5) is 10.5 Å². The van der Waals surface area contributed by atoms with Crippen LogP contribution >= 0.6 is 15.9 Å². The SMILES string of the molecule is CN(CC(=O)O)C(=O)c1ccc(NC(=O)OCC2c3ccccc3-c3ccccc32)c(Br)c1. The van der Waals surface area contributed by atoms with Crippen molar-refractivity contribution in [2.24, 2.45) is 0 Å². The van der Waals surface area contributed by atoms with E-state index in [0.717, 1.165) is 27.2 Å². The molecule has 0 bridgehead atoms. The largest absolute Gasteiger partial charge is 0.480 e. The van der Waals surface area contributed by atoms with Crippen molar-refractivity contribution in [2.45, 2.75) is 5.92 Å². The maximum atomic E-state index is 12.5. The molecule has 2 amide bonds. The van der Waals surface area contributed by atoms with Crippen molar-refractivity contribution in [1.29, 1.82) is 0 Å². The number of aliphatic carboxylic acids is 1. The highest BCUT2D eigenvalue weighted by molar-refractivity contribution is 9.10. The topological polar surface area (TPSA) is 95.9 Å². The van der Waals surface area contributed by atoms with Gasteiger partial charge in [-0.1, -0.05) is 48.5 Å². The van der Waals surface area contributed by atoms with Crippen molar-refractivity contribution < 1.29 is 24.2 Å². The zero-order valence-electron chi connectivity index (χ0n) is 17.7. The normalized spacial score (nSPS) is 11.9. The summed E-state index contributed by atoms with van der Waals surface area (Å²) in [4.78, 5) is 36.8. The molecule has 2 N–H and O–H groups in total. The Morgan fingerprint density at radius 1 is 1.00 bits per heavy atom. The summed E-state index contributed by atoms with van der Waals surface area (Å²) in [5.74, 6) is -1.58. The van der Waals surface area contributed by atoms with Crippen LogP contribution in [0.1, 0.15) is 27.4 Å². The third-order valence-electron chi connectivity index (χ3n) is 5.52. The summed E-state index contributed by atoms with van der Waals surface area (Å²) in [7, 11) is 1.41. The Balaban J connectivity index is 1.42. The number of carboxylic acids is 1. The molecule has 0 saturated heterocycles. The van der Waals surface area contributed by atoms with Crippen molar-refractivity contribution >= 4 is 39.6 Å². The fourth-order valence-corrected chi connectivity index (χ4v) is 4.47. The maximum absolute atomic E-state index is 12.5. The molecule has 1 aliphatic carbocycles. The van der Waals surface area contributed by atoms with Crippen LogP contribution in [0, 0.1) is 0 Å². The van der Waals surface area contributed by atoms with Crippen LogP contribution < -0.4 is 5.32 Å². The Hall–Kier alpha value is -3.65. The molecule has 8 heteroatoms. The third kappa shape index (κ3) is 4.75. The van der Waals surface area contributed by atoms with Crippen LogP contribution in [0.3, 0.4) is 0 Å². The van der Waals surface area contributed by atoms with Gasteiger partial charge >= 0.3 is 12.1 Å². The van der Waals surface area contributed by atoms with Gasteiger partial charge in [-0.05, 0) is 56.4 Å². The molecule has 0 aromatic heterocycles. The van der Waals surface area contributed by atoms with Gasteiger partial charge in [0.25, 0.3) is 5.91 Å². The van der Waals surface area contributed by atoms with Crippen molar-refractivity contribution in [2.75, 3.05) is 25.5 Å². The second-order valence-corrected chi connectivity index (χ2v) is 8.55. The minimum Gasteiger partial charge on any atom is -0.480 e. The first-order valence-electron chi connectivity index (χ1n) is 10.2. The van der Waals surface area contributed by atoms with Crippen molar-refractivity contribution in [1.82, 2.24) is 4.90 Å². The number of nitrogens with zero attached hydrogens (tertiary/aromatic N) is 1. The monoisotopic (exact) mass is 508 g/mol. The summed E-state index contributed by atoms with van der Waals surface area (Å²) in [6.07, 6.45) is -0.611. The lowest BCUT2D eigenvalue weighted by molar-refractivity contribution is -0.137. The maximum Gasteiger partial charge on any atom is 0.411 e. The highest BCUT2D eigenvalue weighted by Gasteiger charge is 2.29. The molecule has 1 aliphatic rings. The van der Waals surface area contributed by atoms with Crippen LogP contribution in [-0.2, 0) is 9.53 Å². The number of ether oxygens (including phenoxy) is 1. The zero-order chi connectivity index (χ0) is 23.5. The van der Waals surface area contributed by atoms with Crippen molar-refractivity contribution in [3.63, 3.8) is 0 Å². The summed E-state index contributed by atoms with van der Waals surface area (Å²) in [5.41, 5.74) is 5.28. The number of benzene rings is 3. The predicted octanol–water partition coefficient (Wildman–Crippen LogP) is 4.97. The molecule has 7 nitrogen and oxygen atoms in total. The molecule has 0 unspecified atom stereocenters. The molecule has 0 fully saturated rings. The molecule has 3 aromatic carbocycles. The smallest absolute Gasteiger partial charge is 0.411 e. The van der Waals surface area contributed by atoms with Crippen molar-refractivity contribution in [3.05, 3.63) is 87.9 Å². The van der Waals surface area contributed by atoms with Gasteiger partial charge in [0.2, 0.25) is 0 Å². The number of likely N-dealkylation sites (N-methyl/N-ethyl adjacent to an activating group) is 1. The molecule has 0 spiro atoms. The molecule has 0 heterocycles. The molecule has 0 atom stereocenters. The lowest BCUT2D eigenvalue weighted by Crippen LogP contribution is -2.31. The van der Waals surface area contributed by atoms with Gasteiger partial charge in [-0.15, -0.1) is 0 Å². The Kier molecular flexibility index (Phi) is 6.46. The predicted molar refractivity (Wildman–Crippen MR) is 127 cm³/mol. The first kappa shape index (κ1) is 22.5. The van der Waals surface area contributed by atoms with Gasteiger partial charge in [-0.2, -0.15) is 0 Å². The van der Waals surface area contributed by atoms with Crippen LogP contribution in [0.5, 0.6) is 0 Å². The zero-order valence-corrected chi connectivity index (χ0v) is 19.3. The summed E-state index contributed by atoms with van der Waals surface area (Å²) < 4.78 is 6.02. The van der Waals surface area contributed by atoms with E-state index in [1.165, 1.54) is 19.2 Å². The number of hydrogen-bond donors (Lipinski definition) is 2. The minimum atomic E-state index is -1.10. The van der Waals surface area contributed by atoms with E-state index in [1.54, 1.807) is 6.07 Å². The number of nitrogens with one attached hydrogen (secondary N) is 1. The molecule has 4 rings (SSSR count). The minimum absolute atomic E-state index is 0.0450. The summed E-state index contributed by atoms with van der Waals surface area (Å²) in [5, 5.41) is 11.5. The number of amides is 2. The van der Waals surface area contributed by atoms with Crippen molar-refractivity contribution in [3.8, 4) is 11.1 Å². The second kappa shape index (κ2) is 9.46.